The number of amides is 4. The first-order valence-corrected chi connectivity index (χ1v) is 16.5. The maximum Gasteiger partial charge on any atom is 0.326 e. The molecule has 13 nitrogen and oxygen atoms in total. The van der Waals surface area contributed by atoms with Gasteiger partial charge in [-0.1, -0.05) is 50.6 Å². The number of nitrogens with two attached hydrogens (primary N) is 2. The fourth-order valence-corrected chi connectivity index (χ4v) is 6.36. The van der Waals surface area contributed by atoms with Gasteiger partial charge in [0, 0.05) is 6.04 Å². The van der Waals surface area contributed by atoms with Gasteiger partial charge in [-0.25, -0.2) is 9.59 Å². The Kier molecular flexibility index (Phi) is 14.7. The van der Waals surface area contributed by atoms with Crippen LogP contribution in [0.3, 0.4) is 0 Å². The van der Waals surface area contributed by atoms with E-state index in [1.54, 1.807) is 0 Å². The third-order valence-electron chi connectivity index (χ3n) is 9.02. The number of hydrogen-bond acceptors (Lipinski definition) is 8. The van der Waals surface area contributed by atoms with E-state index in [-0.39, 0.29) is 50.2 Å². The minimum atomic E-state index is -1.20. The normalized spacial score (nSPS) is 21.1. The van der Waals surface area contributed by atoms with Gasteiger partial charge in [-0.3, -0.25) is 14.4 Å². The summed E-state index contributed by atoms with van der Waals surface area (Å²) in [4.78, 5) is 64.0. The molecule has 0 saturated heterocycles. The fraction of sp³-hybridized carbons (Fsp3) is 0.667. The number of rotatable bonds is 19. The highest BCUT2D eigenvalue weighted by molar-refractivity contribution is 5.92. The van der Waals surface area contributed by atoms with Crippen molar-refractivity contribution >= 4 is 29.8 Å². The maximum atomic E-state index is 13.6. The first-order chi connectivity index (χ1) is 22.0. The zero-order valence-electron chi connectivity index (χ0n) is 27.0. The van der Waals surface area contributed by atoms with Crippen LogP contribution in [-0.4, -0.2) is 71.6 Å². The van der Waals surface area contributed by atoms with Gasteiger partial charge < -0.3 is 42.6 Å². The van der Waals surface area contributed by atoms with Gasteiger partial charge in [0.15, 0.2) is 0 Å². The van der Waals surface area contributed by atoms with Gasteiger partial charge in [-0.2, -0.15) is 0 Å². The lowest BCUT2D eigenvalue weighted by Gasteiger charge is -2.29. The highest BCUT2D eigenvalue weighted by Crippen LogP contribution is 2.44. The molecule has 7 atom stereocenters. The van der Waals surface area contributed by atoms with Crippen molar-refractivity contribution in [3.8, 4) is 0 Å². The van der Waals surface area contributed by atoms with Gasteiger partial charge in [0.25, 0.3) is 0 Å². The summed E-state index contributed by atoms with van der Waals surface area (Å²) in [7, 11) is 0. The van der Waals surface area contributed by atoms with Crippen LogP contribution in [0.1, 0.15) is 83.6 Å². The number of fused-ring (bicyclic) bond motifs is 2. The Morgan fingerprint density at radius 3 is 2.20 bits per heavy atom. The Morgan fingerprint density at radius 1 is 0.891 bits per heavy atom. The monoisotopic (exact) mass is 644 g/mol. The quantitative estimate of drug-likeness (QED) is 0.0864. The summed E-state index contributed by atoms with van der Waals surface area (Å²) in [5.74, 6) is -1.78. The number of carbonyl (C=O) groups is 5. The van der Waals surface area contributed by atoms with Gasteiger partial charge in [-0.15, -0.1) is 0 Å². The van der Waals surface area contributed by atoms with E-state index in [1.165, 1.54) is 6.42 Å². The van der Waals surface area contributed by atoms with E-state index in [1.807, 2.05) is 44.2 Å². The topological polar surface area (TPSA) is 215 Å². The van der Waals surface area contributed by atoms with E-state index < -0.39 is 48.0 Å². The lowest BCUT2D eigenvalue weighted by Crippen LogP contribution is -2.58. The van der Waals surface area contributed by atoms with Crippen molar-refractivity contribution in [2.24, 2.45) is 29.2 Å². The smallest absolute Gasteiger partial charge is 0.326 e. The summed E-state index contributed by atoms with van der Waals surface area (Å²) < 4.78 is 5.31. The molecule has 0 heterocycles. The van der Waals surface area contributed by atoms with Gasteiger partial charge in [0.1, 0.15) is 30.8 Å². The van der Waals surface area contributed by atoms with Crippen LogP contribution in [0, 0.1) is 17.8 Å². The lowest BCUT2D eigenvalue weighted by molar-refractivity contribution is -0.146. The van der Waals surface area contributed by atoms with Crippen LogP contribution in [0.5, 0.6) is 0 Å². The van der Waals surface area contributed by atoms with Gasteiger partial charge in [0.2, 0.25) is 11.8 Å². The molecule has 0 aromatic heterocycles. The molecular formula is C33H52N6O7. The average Bonchev–Trinajstić information content (AvgIpc) is 3.65. The molecule has 1 aromatic carbocycles. The molecule has 46 heavy (non-hydrogen) atoms. The number of nitrogens with one attached hydrogen (secondary N) is 4. The maximum absolute atomic E-state index is 13.6. The average molecular weight is 645 g/mol. The predicted molar refractivity (Wildman–Crippen MR) is 172 cm³/mol. The molecule has 2 saturated carbocycles. The summed E-state index contributed by atoms with van der Waals surface area (Å²) in [6.07, 6.45) is 6.18. The molecule has 0 aliphatic heterocycles. The molecule has 13 heteroatoms. The molecule has 1 aromatic rings. The largest absolute Gasteiger partial charge is 0.480 e. The predicted octanol–water partition coefficient (Wildman–Crippen LogP) is 1.92. The Morgan fingerprint density at radius 2 is 1.59 bits per heavy atom. The zero-order valence-corrected chi connectivity index (χ0v) is 27.0. The van der Waals surface area contributed by atoms with Gasteiger partial charge in [0.05, 0.1) is 0 Å². The number of benzene rings is 1. The highest BCUT2D eigenvalue weighted by atomic mass is 16.5. The second kappa shape index (κ2) is 18.4. The Labute approximate surface area is 271 Å². The summed E-state index contributed by atoms with van der Waals surface area (Å²) >= 11 is 0. The standard InChI is InChI=1S/C33H52N6O7/c1-20(2)28(30(41)36-27-18-22-14-15-23(27)17-22)39-29(40)25(37-33(45)38-26(31(42)43)12-6-7-16-34)13-8-11-24(35)32(44)46-19-21-9-4-3-5-10-21/h3-5,9-10,20,22-28H,6-8,11-19,34-35H2,1-2H3,(H,36,41)(H,39,40)(H,42,43)(H2,37,38,45)/t22-,23+,24?,25-,26+,27?,28+/m1/s1. The number of aliphatic carboxylic acids is 1. The molecule has 3 rings (SSSR count). The van der Waals surface area contributed by atoms with Crippen molar-refractivity contribution in [3.63, 3.8) is 0 Å². The second-order valence-electron chi connectivity index (χ2n) is 13.0. The molecule has 0 spiro atoms. The van der Waals surface area contributed by atoms with Crippen LogP contribution >= 0.6 is 0 Å². The van der Waals surface area contributed by atoms with Crippen LogP contribution in [0.2, 0.25) is 0 Å². The SMILES string of the molecule is CC(C)[C@H](NC(=O)[C@@H](CCCC(N)C(=O)OCc1ccccc1)NC(=O)N[C@@H](CCCCN)C(=O)O)C(=O)NC1C[C@@H]2CC[C@H]1C2. The van der Waals surface area contributed by atoms with Crippen molar-refractivity contribution in [1.82, 2.24) is 21.3 Å². The Balaban J connectivity index is 1.61. The third kappa shape index (κ3) is 11.6. The summed E-state index contributed by atoms with van der Waals surface area (Å²) in [6.45, 7) is 4.14. The third-order valence-corrected chi connectivity index (χ3v) is 9.02. The first-order valence-electron chi connectivity index (χ1n) is 16.5. The van der Waals surface area contributed by atoms with E-state index >= 15 is 0 Å². The molecule has 2 fully saturated rings. The van der Waals surface area contributed by atoms with Gasteiger partial charge >= 0.3 is 18.0 Å². The van der Waals surface area contributed by atoms with E-state index in [0.29, 0.717) is 31.2 Å². The van der Waals surface area contributed by atoms with Crippen LogP contribution in [0.4, 0.5) is 4.79 Å². The van der Waals surface area contributed by atoms with Crippen molar-refractivity contribution in [1.29, 1.82) is 0 Å². The summed E-state index contributed by atoms with van der Waals surface area (Å²) in [5.41, 5.74) is 12.4. The van der Waals surface area contributed by atoms with Crippen LogP contribution in [-0.2, 0) is 30.5 Å². The second-order valence-corrected chi connectivity index (χ2v) is 13.0. The van der Waals surface area contributed by atoms with Crippen molar-refractivity contribution in [2.75, 3.05) is 6.54 Å². The highest BCUT2D eigenvalue weighted by Gasteiger charge is 2.41. The molecular weight excluding hydrogens is 592 g/mol. The van der Waals surface area contributed by atoms with E-state index in [0.717, 1.165) is 24.8 Å². The van der Waals surface area contributed by atoms with Crippen molar-refractivity contribution in [3.05, 3.63) is 35.9 Å². The summed E-state index contributed by atoms with van der Waals surface area (Å²) in [6, 6.07) is 4.37. The molecule has 2 aliphatic rings. The fourth-order valence-electron chi connectivity index (χ4n) is 6.36. The van der Waals surface area contributed by atoms with Crippen molar-refractivity contribution in [2.45, 2.75) is 115 Å². The van der Waals surface area contributed by atoms with Gasteiger partial charge in [-0.05, 0) is 87.6 Å². The number of carboxylic acids is 1. The van der Waals surface area contributed by atoms with E-state index in [4.69, 9.17) is 16.2 Å². The van der Waals surface area contributed by atoms with Crippen LogP contribution < -0.4 is 32.7 Å². The van der Waals surface area contributed by atoms with Crippen molar-refractivity contribution < 1.29 is 33.8 Å². The minimum Gasteiger partial charge on any atom is -0.480 e. The molecule has 0 radical (unpaired) electrons. The molecule has 2 bridgehead atoms. The summed E-state index contributed by atoms with van der Waals surface area (Å²) in [5, 5.41) is 20.5. The zero-order chi connectivity index (χ0) is 33.6. The van der Waals surface area contributed by atoms with E-state index in [9.17, 15) is 29.1 Å². The number of hydrogen-bond donors (Lipinski definition) is 7. The minimum absolute atomic E-state index is 0.0804. The number of unbranched alkanes of at least 4 members (excludes halogenated alkanes) is 1. The number of urea groups is 1. The Hall–Kier alpha value is -3.71. The molecule has 2 unspecified atom stereocenters. The Bertz CT molecular complexity index is 1170. The molecule has 2 aliphatic carbocycles. The number of carboxylic acid groups (broad SMARTS) is 1. The van der Waals surface area contributed by atoms with Crippen LogP contribution in [0.15, 0.2) is 30.3 Å². The number of carbonyl (C=O) groups excluding carboxylic acids is 4. The lowest BCUT2D eigenvalue weighted by atomic mass is 9.94. The molecule has 4 amide bonds. The van der Waals surface area contributed by atoms with Crippen LogP contribution in [0.25, 0.3) is 0 Å². The first kappa shape index (κ1) is 36.8. The number of esters is 1. The molecule has 256 valence electrons. The molecule has 9 N–H and O–H groups in total. The number of ether oxygens (including phenoxy) is 1. The van der Waals surface area contributed by atoms with E-state index in [2.05, 4.69) is 21.3 Å².